The van der Waals surface area contributed by atoms with E-state index in [4.69, 9.17) is 0 Å². The van der Waals surface area contributed by atoms with Crippen molar-refractivity contribution >= 4 is 11.7 Å². The fourth-order valence-corrected chi connectivity index (χ4v) is 2.38. The summed E-state index contributed by atoms with van der Waals surface area (Å²) in [6.45, 7) is 3.97. The maximum atomic E-state index is 12.3. The highest BCUT2D eigenvalue weighted by Crippen LogP contribution is 2.22. The fraction of sp³-hybridized carbons (Fsp3) is 0.429. The van der Waals surface area contributed by atoms with E-state index in [9.17, 15) is 4.79 Å². The molecule has 1 aliphatic carbocycles. The van der Waals surface area contributed by atoms with Crippen LogP contribution in [0, 0.1) is 6.92 Å². The molecule has 0 fully saturated rings. The zero-order valence-electron chi connectivity index (χ0n) is 11.6. The van der Waals surface area contributed by atoms with Crippen molar-refractivity contribution in [2.24, 2.45) is 0 Å². The largest absolute Gasteiger partial charge is 0.344 e. The molecular formula is C14H17N5O. The van der Waals surface area contributed by atoms with Gasteiger partial charge in [0.25, 0.3) is 11.7 Å². The van der Waals surface area contributed by atoms with E-state index >= 15 is 0 Å². The van der Waals surface area contributed by atoms with E-state index in [1.807, 2.05) is 13.8 Å². The van der Waals surface area contributed by atoms with Gasteiger partial charge in [-0.15, -0.1) is 5.10 Å². The van der Waals surface area contributed by atoms with Crippen molar-refractivity contribution < 1.29 is 4.79 Å². The van der Waals surface area contributed by atoms with Gasteiger partial charge in [0.1, 0.15) is 0 Å². The molecule has 104 valence electrons. The van der Waals surface area contributed by atoms with Crippen molar-refractivity contribution in [2.45, 2.75) is 38.6 Å². The Morgan fingerprint density at radius 2 is 2.30 bits per heavy atom. The van der Waals surface area contributed by atoms with E-state index in [2.05, 4.69) is 32.5 Å². The number of hydrogen-bond donors (Lipinski definition) is 1. The van der Waals surface area contributed by atoms with Crippen molar-refractivity contribution in [1.82, 2.24) is 24.9 Å². The maximum Gasteiger partial charge on any atom is 0.291 e. The summed E-state index contributed by atoms with van der Waals surface area (Å²) in [5, 5.41) is 7.21. The monoisotopic (exact) mass is 271 g/mol. The van der Waals surface area contributed by atoms with Gasteiger partial charge in [0.2, 0.25) is 5.82 Å². The number of allylic oxidation sites excluding steroid dienone is 1. The minimum Gasteiger partial charge on any atom is -0.344 e. The number of rotatable bonds is 2. The molecule has 0 saturated heterocycles. The second-order valence-electron chi connectivity index (χ2n) is 5.54. The van der Waals surface area contributed by atoms with Crippen molar-refractivity contribution in [2.75, 3.05) is 0 Å². The van der Waals surface area contributed by atoms with Gasteiger partial charge in [-0.25, -0.2) is 9.50 Å². The van der Waals surface area contributed by atoms with Gasteiger partial charge in [0, 0.05) is 17.9 Å². The summed E-state index contributed by atoms with van der Waals surface area (Å²) >= 11 is 0. The number of nitrogens with one attached hydrogen (secondary N) is 1. The summed E-state index contributed by atoms with van der Waals surface area (Å²) in [5.41, 5.74) is 0.755. The summed E-state index contributed by atoms with van der Waals surface area (Å²) in [4.78, 5) is 20.6. The van der Waals surface area contributed by atoms with Gasteiger partial charge >= 0.3 is 0 Å². The Bertz CT molecular complexity index is 690. The molecular weight excluding hydrogens is 254 g/mol. The van der Waals surface area contributed by atoms with Crippen LogP contribution in [0.5, 0.6) is 0 Å². The second kappa shape index (κ2) is 4.70. The topological polar surface area (TPSA) is 72.2 Å². The van der Waals surface area contributed by atoms with E-state index in [1.165, 1.54) is 4.52 Å². The SMILES string of the molecule is Cc1cnc2nc(C(=O)NC3(C)CC=CCC3)nn2c1. The van der Waals surface area contributed by atoms with Crippen LogP contribution in [0.3, 0.4) is 0 Å². The van der Waals surface area contributed by atoms with Crippen LogP contribution in [0.15, 0.2) is 24.5 Å². The third-order valence-electron chi connectivity index (χ3n) is 3.54. The Morgan fingerprint density at radius 3 is 3.05 bits per heavy atom. The summed E-state index contributed by atoms with van der Waals surface area (Å²) in [6.07, 6.45) is 10.5. The van der Waals surface area contributed by atoms with Gasteiger partial charge in [-0.1, -0.05) is 12.2 Å². The smallest absolute Gasteiger partial charge is 0.291 e. The lowest BCUT2D eigenvalue weighted by Crippen LogP contribution is -2.46. The molecule has 2 aromatic heterocycles. The van der Waals surface area contributed by atoms with Crippen LogP contribution < -0.4 is 5.32 Å². The first-order valence-corrected chi connectivity index (χ1v) is 6.72. The Hall–Kier alpha value is -2.24. The molecule has 0 spiro atoms. The average Bonchev–Trinajstić information content (AvgIpc) is 2.82. The van der Waals surface area contributed by atoms with E-state index in [1.54, 1.807) is 12.4 Å². The molecule has 1 N–H and O–H groups in total. The van der Waals surface area contributed by atoms with E-state index < -0.39 is 0 Å². The van der Waals surface area contributed by atoms with Gasteiger partial charge < -0.3 is 5.32 Å². The highest BCUT2D eigenvalue weighted by molar-refractivity contribution is 5.91. The maximum absolute atomic E-state index is 12.3. The number of carbonyl (C=O) groups excluding carboxylic acids is 1. The average molecular weight is 271 g/mol. The van der Waals surface area contributed by atoms with Crippen molar-refractivity contribution in [3.63, 3.8) is 0 Å². The predicted octanol–water partition coefficient (Wildman–Crippen LogP) is 1.66. The number of hydrogen-bond acceptors (Lipinski definition) is 4. The third kappa shape index (κ3) is 2.41. The highest BCUT2D eigenvalue weighted by atomic mass is 16.2. The van der Waals surface area contributed by atoms with Crippen LogP contribution >= 0.6 is 0 Å². The van der Waals surface area contributed by atoms with Crippen molar-refractivity contribution in [1.29, 1.82) is 0 Å². The molecule has 1 amide bonds. The lowest BCUT2D eigenvalue weighted by atomic mass is 9.87. The predicted molar refractivity (Wildman–Crippen MR) is 74.4 cm³/mol. The lowest BCUT2D eigenvalue weighted by Gasteiger charge is -2.31. The van der Waals surface area contributed by atoms with Crippen LogP contribution in [0.2, 0.25) is 0 Å². The van der Waals surface area contributed by atoms with Crippen LogP contribution in [0.1, 0.15) is 42.4 Å². The molecule has 6 heteroatoms. The molecule has 0 aliphatic heterocycles. The minimum atomic E-state index is -0.244. The number of aryl methyl sites for hydroxylation is 1. The van der Waals surface area contributed by atoms with E-state index in [0.29, 0.717) is 5.78 Å². The van der Waals surface area contributed by atoms with Crippen molar-refractivity contribution in [3.05, 3.63) is 35.9 Å². The third-order valence-corrected chi connectivity index (χ3v) is 3.54. The molecule has 1 unspecified atom stereocenters. The molecule has 0 bridgehead atoms. The van der Waals surface area contributed by atoms with Crippen LogP contribution in [-0.2, 0) is 0 Å². The number of aromatic nitrogens is 4. The quantitative estimate of drug-likeness (QED) is 0.843. The van der Waals surface area contributed by atoms with Crippen LogP contribution in [-0.4, -0.2) is 31.0 Å². The summed E-state index contributed by atoms with van der Waals surface area (Å²) < 4.78 is 1.54. The molecule has 20 heavy (non-hydrogen) atoms. The first kappa shape index (κ1) is 12.8. The Kier molecular flexibility index (Phi) is 3.00. The zero-order chi connectivity index (χ0) is 14.2. The van der Waals surface area contributed by atoms with Gasteiger partial charge in [-0.3, -0.25) is 4.79 Å². The molecule has 3 rings (SSSR count). The molecule has 2 aromatic rings. The number of amides is 1. The summed E-state index contributed by atoms with van der Waals surface area (Å²) in [5.74, 6) is 0.360. The van der Waals surface area contributed by atoms with E-state index in [-0.39, 0.29) is 17.3 Å². The molecule has 1 atom stereocenters. The fourth-order valence-electron chi connectivity index (χ4n) is 2.38. The van der Waals surface area contributed by atoms with Gasteiger partial charge in [-0.2, -0.15) is 4.98 Å². The second-order valence-corrected chi connectivity index (χ2v) is 5.54. The first-order valence-electron chi connectivity index (χ1n) is 6.72. The summed E-state index contributed by atoms with van der Waals surface area (Å²) in [6, 6.07) is 0. The van der Waals surface area contributed by atoms with Gasteiger partial charge in [0.05, 0.1) is 0 Å². The molecule has 0 saturated carbocycles. The Morgan fingerprint density at radius 1 is 1.45 bits per heavy atom. The molecule has 1 aliphatic rings. The number of nitrogens with zero attached hydrogens (tertiary/aromatic N) is 4. The summed E-state index contributed by atoms with van der Waals surface area (Å²) in [7, 11) is 0. The first-order chi connectivity index (χ1) is 9.56. The Labute approximate surface area is 116 Å². The normalized spacial score (nSPS) is 22.1. The molecule has 2 heterocycles. The molecule has 0 aromatic carbocycles. The van der Waals surface area contributed by atoms with Gasteiger partial charge in [-0.05, 0) is 38.7 Å². The van der Waals surface area contributed by atoms with Crippen molar-refractivity contribution in [3.8, 4) is 0 Å². The number of fused-ring (bicyclic) bond motifs is 1. The van der Waals surface area contributed by atoms with Crippen LogP contribution in [0.25, 0.3) is 5.78 Å². The lowest BCUT2D eigenvalue weighted by molar-refractivity contribution is 0.0890. The van der Waals surface area contributed by atoms with Crippen LogP contribution in [0.4, 0.5) is 0 Å². The number of carbonyl (C=O) groups is 1. The van der Waals surface area contributed by atoms with Gasteiger partial charge in [0.15, 0.2) is 0 Å². The minimum absolute atomic E-state index is 0.166. The highest BCUT2D eigenvalue weighted by Gasteiger charge is 2.28. The zero-order valence-corrected chi connectivity index (χ0v) is 11.6. The molecule has 0 radical (unpaired) electrons. The van der Waals surface area contributed by atoms with E-state index in [0.717, 1.165) is 24.8 Å². The Balaban J connectivity index is 1.83. The molecule has 6 nitrogen and oxygen atoms in total. The standard InChI is InChI=1S/C14H17N5O/c1-10-8-15-13-16-11(18-19(13)9-10)12(20)17-14(2)6-4-3-5-7-14/h3-4,8-9H,5-7H2,1-2H3,(H,17,20).